The Morgan fingerprint density at radius 3 is 2.52 bits per heavy atom. The van der Waals surface area contributed by atoms with Gasteiger partial charge in [0.2, 0.25) is 10.0 Å². The summed E-state index contributed by atoms with van der Waals surface area (Å²) in [6.45, 7) is -0.0257. The molecule has 6 heteroatoms. The van der Waals surface area contributed by atoms with Gasteiger partial charge in [-0.1, -0.05) is 24.3 Å². The van der Waals surface area contributed by atoms with Crippen molar-refractivity contribution in [2.24, 2.45) is 0 Å². The van der Waals surface area contributed by atoms with Gasteiger partial charge in [0.15, 0.2) is 0 Å². The topological polar surface area (TPSA) is 75.6 Å². The second kappa shape index (κ2) is 6.71. The van der Waals surface area contributed by atoms with Crippen molar-refractivity contribution in [3.8, 4) is 5.75 Å². The summed E-state index contributed by atoms with van der Waals surface area (Å²) in [5, 5.41) is 9.06. The largest absolute Gasteiger partial charge is 0.497 e. The van der Waals surface area contributed by atoms with E-state index in [1.165, 1.54) is 12.1 Å². The molecule has 0 aliphatic heterocycles. The maximum Gasteiger partial charge on any atom is 0.240 e. The van der Waals surface area contributed by atoms with Gasteiger partial charge in [-0.05, 0) is 35.4 Å². The smallest absolute Gasteiger partial charge is 0.240 e. The number of benzene rings is 2. The average Bonchev–Trinajstić information content (AvgIpc) is 2.53. The van der Waals surface area contributed by atoms with E-state index in [1.54, 1.807) is 37.4 Å². The molecule has 2 rings (SSSR count). The maximum atomic E-state index is 12.2. The number of ether oxygens (including phenoxy) is 1. The molecular formula is C15H17NO4S. The van der Waals surface area contributed by atoms with E-state index in [4.69, 9.17) is 9.84 Å². The summed E-state index contributed by atoms with van der Waals surface area (Å²) >= 11 is 0. The Labute approximate surface area is 124 Å². The lowest BCUT2D eigenvalue weighted by atomic mass is 10.2. The lowest BCUT2D eigenvalue weighted by Gasteiger charge is -2.09. The van der Waals surface area contributed by atoms with E-state index >= 15 is 0 Å². The normalized spacial score (nSPS) is 11.3. The van der Waals surface area contributed by atoms with Crippen molar-refractivity contribution in [3.05, 3.63) is 59.7 Å². The molecule has 0 aliphatic carbocycles. The van der Waals surface area contributed by atoms with E-state index in [0.717, 1.165) is 5.56 Å². The molecule has 0 fully saturated rings. The number of sulfonamides is 1. The third kappa shape index (κ3) is 4.04. The van der Waals surface area contributed by atoms with Gasteiger partial charge in [0, 0.05) is 6.54 Å². The van der Waals surface area contributed by atoms with Crippen molar-refractivity contribution in [2.75, 3.05) is 7.11 Å². The van der Waals surface area contributed by atoms with Gasteiger partial charge in [0.1, 0.15) is 5.75 Å². The standard InChI is InChI=1S/C15H17NO4S/c1-20-14-6-2-4-12(8-14)10-16-21(18,19)15-7-3-5-13(9-15)11-17/h2-9,16-17H,10-11H2,1H3. The van der Waals surface area contributed by atoms with E-state index < -0.39 is 10.0 Å². The second-order valence-electron chi connectivity index (χ2n) is 4.48. The van der Waals surface area contributed by atoms with Crippen LogP contribution >= 0.6 is 0 Å². The van der Waals surface area contributed by atoms with Crippen LogP contribution in [0.4, 0.5) is 0 Å². The minimum absolute atomic E-state index is 0.136. The predicted molar refractivity (Wildman–Crippen MR) is 79.4 cm³/mol. The van der Waals surface area contributed by atoms with Crippen LogP contribution in [0.1, 0.15) is 11.1 Å². The monoisotopic (exact) mass is 307 g/mol. The third-order valence-corrected chi connectivity index (χ3v) is 4.39. The van der Waals surface area contributed by atoms with E-state index in [-0.39, 0.29) is 18.0 Å². The van der Waals surface area contributed by atoms with Crippen molar-refractivity contribution >= 4 is 10.0 Å². The van der Waals surface area contributed by atoms with Gasteiger partial charge in [-0.25, -0.2) is 13.1 Å². The Morgan fingerprint density at radius 1 is 1.10 bits per heavy atom. The lowest BCUT2D eigenvalue weighted by molar-refractivity contribution is 0.281. The van der Waals surface area contributed by atoms with Crippen molar-refractivity contribution < 1.29 is 18.3 Å². The molecule has 0 amide bonds. The van der Waals surface area contributed by atoms with Crippen LogP contribution in [0.15, 0.2) is 53.4 Å². The van der Waals surface area contributed by atoms with Gasteiger partial charge >= 0.3 is 0 Å². The molecule has 2 aromatic carbocycles. The van der Waals surface area contributed by atoms with Crippen LogP contribution in [0.2, 0.25) is 0 Å². The summed E-state index contributed by atoms with van der Waals surface area (Å²) in [4.78, 5) is 0.136. The zero-order valence-corrected chi connectivity index (χ0v) is 12.4. The van der Waals surface area contributed by atoms with Crippen molar-refractivity contribution in [1.29, 1.82) is 0 Å². The minimum atomic E-state index is -3.61. The van der Waals surface area contributed by atoms with E-state index in [0.29, 0.717) is 11.3 Å². The molecule has 0 heterocycles. The molecule has 0 aliphatic rings. The number of methoxy groups -OCH3 is 1. The zero-order valence-electron chi connectivity index (χ0n) is 11.6. The van der Waals surface area contributed by atoms with Gasteiger partial charge < -0.3 is 9.84 Å². The fourth-order valence-corrected chi connectivity index (χ4v) is 2.94. The Hall–Kier alpha value is -1.89. The Bertz CT molecular complexity index is 713. The Balaban J connectivity index is 2.13. The van der Waals surface area contributed by atoms with Gasteiger partial charge in [0.05, 0.1) is 18.6 Å². The van der Waals surface area contributed by atoms with Crippen molar-refractivity contribution in [1.82, 2.24) is 4.72 Å². The molecule has 0 saturated heterocycles. The Morgan fingerprint density at radius 2 is 1.81 bits per heavy atom. The van der Waals surface area contributed by atoms with Crippen molar-refractivity contribution in [2.45, 2.75) is 18.0 Å². The molecule has 112 valence electrons. The highest BCUT2D eigenvalue weighted by molar-refractivity contribution is 7.89. The van der Waals surface area contributed by atoms with Crippen LogP contribution in [0, 0.1) is 0 Å². The van der Waals surface area contributed by atoms with Crippen LogP contribution in [0.5, 0.6) is 5.75 Å². The molecule has 0 spiro atoms. The molecule has 0 aromatic heterocycles. The van der Waals surface area contributed by atoms with Crippen LogP contribution in [-0.4, -0.2) is 20.6 Å². The van der Waals surface area contributed by atoms with Crippen LogP contribution in [0.3, 0.4) is 0 Å². The van der Waals surface area contributed by atoms with Gasteiger partial charge in [0.25, 0.3) is 0 Å². The molecule has 0 unspecified atom stereocenters. The number of hydrogen-bond donors (Lipinski definition) is 2. The van der Waals surface area contributed by atoms with Crippen LogP contribution in [0.25, 0.3) is 0 Å². The molecule has 21 heavy (non-hydrogen) atoms. The number of rotatable bonds is 6. The van der Waals surface area contributed by atoms with Crippen LogP contribution in [-0.2, 0) is 23.2 Å². The Kier molecular flexibility index (Phi) is 4.95. The minimum Gasteiger partial charge on any atom is -0.497 e. The zero-order chi connectivity index (χ0) is 15.3. The first-order chi connectivity index (χ1) is 10.0. The number of nitrogens with one attached hydrogen (secondary N) is 1. The second-order valence-corrected chi connectivity index (χ2v) is 6.25. The summed E-state index contributed by atoms with van der Waals surface area (Å²) in [5.74, 6) is 0.675. The predicted octanol–water partition coefficient (Wildman–Crippen LogP) is 1.67. The lowest BCUT2D eigenvalue weighted by Crippen LogP contribution is -2.23. The molecule has 0 saturated carbocycles. The summed E-state index contributed by atoms with van der Waals surface area (Å²) in [5.41, 5.74) is 1.36. The number of hydrogen-bond acceptors (Lipinski definition) is 4. The number of aliphatic hydroxyl groups excluding tert-OH is 1. The van der Waals surface area contributed by atoms with Crippen LogP contribution < -0.4 is 9.46 Å². The van der Waals surface area contributed by atoms with E-state index in [9.17, 15) is 8.42 Å². The molecule has 2 aromatic rings. The third-order valence-electron chi connectivity index (χ3n) is 2.99. The highest BCUT2D eigenvalue weighted by atomic mass is 32.2. The highest BCUT2D eigenvalue weighted by Gasteiger charge is 2.14. The average molecular weight is 307 g/mol. The first-order valence-corrected chi connectivity index (χ1v) is 7.86. The SMILES string of the molecule is COc1cccc(CNS(=O)(=O)c2cccc(CO)c2)c1. The molecule has 0 radical (unpaired) electrons. The fraction of sp³-hybridized carbons (Fsp3) is 0.200. The first kappa shape index (κ1) is 15.5. The van der Waals surface area contributed by atoms with Crippen molar-refractivity contribution in [3.63, 3.8) is 0 Å². The summed E-state index contributed by atoms with van der Waals surface area (Å²) in [6.07, 6.45) is 0. The van der Waals surface area contributed by atoms with Gasteiger partial charge in [-0.15, -0.1) is 0 Å². The maximum absolute atomic E-state index is 12.2. The quantitative estimate of drug-likeness (QED) is 0.851. The van der Waals surface area contributed by atoms with E-state index in [1.807, 2.05) is 6.07 Å². The summed E-state index contributed by atoms with van der Waals surface area (Å²) < 4.78 is 32.0. The van der Waals surface area contributed by atoms with E-state index in [2.05, 4.69) is 4.72 Å². The molecular weight excluding hydrogens is 290 g/mol. The number of aliphatic hydroxyl groups is 1. The first-order valence-electron chi connectivity index (χ1n) is 6.37. The molecule has 2 N–H and O–H groups in total. The molecule has 5 nitrogen and oxygen atoms in total. The van der Waals surface area contributed by atoms with Gasteiger partial charge in [-0.3, -0.25) is 0 Å². The fourth-order valence-electron chi connectivity index (χ4n) is 1.86. The molecule has 0 atom stereocenters. The summed E-state index contributed by atoms with van der Waals surface area (Å²) in [6, 6.07) is 13.4. The highest BCUT2D eigenvalue weighted by Crippen LogP contribution is 2.15. The summed E-state index contributed by atoms with van der Waals surface area (Å²) in [7, 11) is -2.05. The van der Waals surface area contributed by atoms with Gasteiger partial charge in [-0.2, -0.15) is 0 Å². The molecule has 0 bridgehead atoms.